The minimum Gasteiger partial charge on any atom is -0.476 e. The van der Waals surface area contributed by atoms with Crippen LogP contribution < -0.4 is 4.74 Å². The van der Waals surface area contributed by atoms with Crippen molar-refractivity contribution >= 4 is 27.7 Å². The molecule has 0 radical (unpaired) electrons. The van der Waals surface area contributed by atoms with Gasteiger partial charge in [0.15, 0.2) is 11.4 Å². The molecule has 2 rings (SSSR count). The highest BCUT2D eigenvalue weighted by atomic mass is 79.9. The molecule has 4 nitrogen and oxygen atoms in total. The SMILES string of the molecule is CCOC(=O)C(C)(C)Oc1ccc(C(=O)CCc2cccc(Br)c2)cc1C. The summed E-state index contributed by atoms with van der Waals surface area (Å²) in [7, 11) is 0. The molecule has 0 spiro atoms. The Bertz CT molecular complexity index is 827. The van der Waals surface area contributed by atoms with Crippen LogP contribution in [0.1, 0.15) is 48.7 Å². The molecule has 0 fully saturated rings. The number of aryl methyl sites for hydroxylation is 2. The van der Waals surface area contributed by atoms with Crippen molar-refractivity contribution in [1.82, 2.24) is 0 Å². The third-order valence-corrected chi connectivity index (χ3v) is 4.65. The smallest absolute Gasteiger partial charge is 0.349 e. The summed E-state index contributed by atoms with van der Waals surface area (Å²) in [6, 6.07) is 13.2. The van der Waals surface area contributed by atoms with E-state index < -0.39 is 11.6 Å². The number of hydrogen-bond donors (Lipinski definition) is 0. The molecule has 27 heavy (non-hydrogen) atoms. The van der Waals surface area contributed by atoms with E-state index in [9.17, 15) is 9.59 Å². The molecule has 5 heteroatoms. The van der Waals surface area contributed by atoms with Gasteiger partial charge in [0.05, 0.1) is 6.61 Å². The number of benzene rings is 2. The van der Waals surface area contributed by atoms with Crippen LogP contribution in [-0.2, 0) is 16.0 Å². The van der Waals surface area contributed by atoms with Gasteiger partial charge >= 0.3 is 5.97 Å². The molecule has 0 saturated carbocycles. The van der Waals surface area contributed by atoms with Crippen molar-refractivity contribution in [3.8, 4) is 5.75 Å². The summed E-state index contributed by atoms with van der Waals surface area (Å²) in [6.45, 7) is 7.26. The van der Waals surface area contributed by atoms with E-state index in [4.69, 9.17) is 9.47 Å². The van der Waals surface area contributed by atoms with Crippen molar-refractivity contribution in [3.05, 3.63) is 63.6 Å². The van der Waals surface area contributed by atoms with Crippen LogP contribution in [0.3, 0.4) is 0 Å². The van der Waals surface area contributed by atoms with E-state index in [1.54, 1.807) is 39.0 Å². The maximum Gasteiger partial charge on any atom is 0.349 e. The summed E-state index contributed by atoms with van der Waals surface area (Å²) >= 11 is 3.44. The monoisotopic (exact) mass is 432 g/mol. The fourth-order valence-electron chi connectivity index (χ4n) is 2.65. The third kappa shape index (κ3) is 5.93. The second kappa shape index (κ2) is 9.18. The predicted molar refractivity (Wildman–Crippen MR) is 109 cm³/mol. The summed E-state index contributed by atoms with van der Waals surface area (Å²) in [5, 5.41) is 0. The van der Waals surface area contributed by atoms with Gasteiger partial charge < -0.3 is 9.47 Å². The average Bonchev–Trinajstić information content (AvgIpc) is 2.61. The Balaban J connectivity index is 2.04. The fraction of sp³-hybridized carbons (Fsp3) is 0.364. The molecular formula is C22H25BrO4. The minimum absolute atomic E-state index is 0.0780. The first-order chi connectivity index (χ1) is 12.7. The Hall–Kier alpha value is -2.14. The second-order valence-corrected chi connectivity index (χ2v) is 7.78. The van der Waals surface area contributed by atoms with Gasteiger partial charge in [0.1, 0.15) is 5.75 Å². The molecule has 0 aromatic heterocycles. The Morgan fingerprint density at radius 3 is 2.48 bits per heavy atom. The van der Waals surface area contributed by atoms with Crippen LogP contribution in [0.15, 0.2) is 46.9 Å². The van der Waals surface area contributed by atoms with Gasteiger partial charge in [-0.1, -0.05) is 28.1 Å². The molecule has 0 aliphatic heterocycles. The normalized spacial score (nSPS) is 11.1. The van der Waals surface area contributed by atoms with Crippen molar-refractivity contribution in [1.29, 1.82) is 0 Å². The van der Waals surface area contributed by atoms with Gasteiger partial charge in [-0.3, -0.25) is 4.79 Å². The number of rotatable bonds is 8. The molecular weight excluding hydrogens is 408 g/mol. The lowest BCUT2D eigenvalue weighted by Crippen LogP contribution is -2.39. The van der Waals surface area contributed by atoms with Crippen LogP contribution in [-0.4, -0.2) is 24.0 Å². The van der Waals surface area contributed by atoms with Gasteiger partial charge in [0, 0.05) is 16.5 Å². The maximum atomic E-state index is 12.5. The molecule has 2 aromatic carbocycles. The third-order valence-electron chi connectivity index (χ3n) is 4.16. The molecule has 0 aliphatic carbocycles. The van der Waals surface area contributed by atoms with Crippen LogP contribution in [0.25, 0.3) is 0 Å². The molecule has 0 saturated heterocycles. The van der Waals surface area contributed by atoms with Gasteiger partial charge in [-0.05, 0) is 75.6 Å². The van der Waals surface area contributed by atoms with Crippen LogP contribution in [0.2, 0.25) is 0 Å². The lowest BCUT2D eigenvalue weighted by Gasteiger charge is -2.25. The van der Waals surface area contributed by atoms with Crippen molar-refractivity contribution in [3.63, 3.8) is 0 Å². The lowest BCUT2D eigenvalue weighted by atomic mass is 10.0. The largest absolute Gasteiger partial charge is 0.476 e. The number of carbonyl (C=O) groups is 2. The highest BCUT2D eigenvalue weighted by molar-refractivity contribution is 9.10. The van der Waals surface area contributed by atoms with E-state index in [1.165, 1.54) is 0 Å². The molecule has 0 atom stereocenters. The average molecular weight is 433 g/mol. The number of ether oxygens (including phenoxy) is 2. The molecule has 2 aromatic rings. The summed E-state index contributed by atoms with van der Waals surface area (Å²) in [5.74, 6) is 0.226. The predicted octanol–water partition coefficient (Wildman–Crippen LogP) is 5.29. The Morgan fingerprint density at radius 1 is 1.11 bits per heavy atom. The quantitative estimate of drug-likeness (QED) is 0.419. The first-order valence-electron chi connectivity index (χ1n) is 8.97. The highest BCUT2D eigenvalue weighted by Crippen LogP contribution is 2.25. The van der Waals surface area contributed by atoms with Gasteiger partial charge in [-0.15, -0.1) is 0 Å². The summed E-state index contributed by atoms with van der Waals surface area (Å²) in [6.07, 6.45) is 1.12. The van der Waals surface area contributed by atoms with E-state index >= 15 is 0 Å². The number of esters is 1. The minimum atomic E-state index is -1.09. The van der Waals surface area contributed by atoms with Gasteiger partial charge in [-0.25, -0.2) is 4.79 Å². The second-order valence-electron chi connectivity index (χ2n) is 6.87. The summed E-state index contributed by atoms with van der Waals surface area (Å²) in [5.41, 5.74) is 1.47. The Labute approximate surface area is 169 Å². The van der Waals surface area contributed by atoms with E-state index in [0.717, 1.165) is 15.6 Å². The van der Waals surface area contributed by atoms with Gasteiger partial charge in [0.2, 0.25) is 0 Å². The van der Waals surface area contributed by atoms with Crippen molar-refractivity contribution < 1.29 is 19.1 Å². The molecule has 0 N–H and O–H groups in total. The van der Waals surface area contributed by atoms with Crippen molar-refractivity contribution in [2.75, 3.05) is 6.61 Å². The standard InChI is InChI=1S/C22H25BrO4/c1-5-26-21(25)22(3,4)27-20-12-10-17(13-15(20)2)19(24)11-9-16-7-6-8-18(23)14-16/h6-8,10,12-14H,5,9,11H2,1-4H3. The zero-order chi connectivity index (χ0) is 20.0. The molecule has 0 unspecified atom stereocenters. The molecule has 144 valence electrons. The van der Waals surface area contributed by atoms with E-state index in [1.807, 2.05) is 31.2 Å². The Morgan fingerprint density at radius 2 is 1.85 bits per heavy atom. The summed E-state index contributed by atoms with van der Waals surface area (Å²) in [4.78, 5) is 24.5. The van der Waals surface area contributed by atoms with Crippen LogP contribution in [0, 0.1) is 6.92 Å². The number of halogens is 1. The molecule has 0 bridgehead atoms. The van der Waals surface area contributed by atoms with Crippen LogP contribution in [0.5, 0.6) is 5.75 Å². The van der Waals surface area contributed by atoms with Crippen molar-refractivity contribution in [2.45, 2.75) is 46.1 Å². The number of Topliss-reactive ketones (excluding diaryl/α,β-unsaturated/α-hetero) is 1. The molecule has 0 heterocycles. The first-order valence-corrected chi connectivity index (χ1v) is 9.76. The highest BCUT2D eigenvalue weighted by Gasteiger charge is 2.32. The van der Waals surface area contributed by atoms with Gasteiger partial charge in [-0.2, -0.15) is 0 Å². The van der Waals surface area contributed by atoms with E-state index in [2.05, 4.69) is 15.9 Å². The molecule has 0 amide bonds. The maximum absolute atomic E-state index is 12.5. The number of carbonyl (C=O) groups excluding carboxylic acids is 2. The first kappa shape index (κ1) is 21.2. The van der Waals surface area contributed by atoms with Crippen LogP contribution >= 0.6 is 15.9 Å². The Kier molecular flexibility index (Phi) is 7.19. The summed E-state index contributed by atoms with van der Waals surface area (Å²) < 4.78 is 11.9. The zero-order valence-corrected chi connectivity index (χ0v) is 17.8. The number of hydrogen-bond acceptors (Lipinski definition) is 4. The van der Waals surface area contributed by atoms with E-state index in [-0.39, 0.29) is 5.78 Å². The fourth-order valence-corrected chi connectivity index (χ4v) is 3.10. The lowest BCUT2D eigenvalue weighted by molar-refractivity contribution is -0.158. The van der Waals surface area contributed by atoms with E-state index in [0.29, 0.717) is 30.8 Å². The molecule has 0 aliphatic rings. The van der Waals surface area contributed by atoms with Crippen molar-refractivity contribution in [2.24, 2.45) is 0 Å². The topological polar surface area (TPSA) is 52.6 Å². The van der Waals surface area contributed by atoms with Gasteiger partial charge in [0.25, 0.3) is 0 Å². The number of ketones is 1. The zero-order valence-electron chi connectivity index (χ0n) is 16.2. The van der Waals surface area contributed by atoms with Crippen LogP contribution in [0.4, 0.5) is 0 Å².